The highest BCUT2D eigenvalue weighted by atomic mass is 16.1. The molecule has 0 amide bonds. The maximum Gasteiger partial charge on any atom is 0.143 e. The first-order valence-electron chi connectivity index (χ1n) is 6.03. The van der Waals surface area contributed by atoms with Crippen molar-refractivity contribution in [1.29, 1.82) is 0 Å². The SMILES string of the molecule is Cc1ncnc2c1ccn2C1CCC(C=O)C1. The predicted molar refractivity (Wildman–Crippen MR) is 64.7 cm³/mol. The smallest absolute Gasteiger partial charge is 0.143 e. The zero-order chi connectivity index (χ0) is 11.8. The monoisotopic (exact) mass is 229 g/mol. The third kappa shape index (κ3) is 1.64. The van der Waals surface area contributed by atoms with Gasteiger partial charge >= 0.3 is 0 Å². The van der Waals surface area contributed by atoms with E-state index in [1.54, 1.807) is 6.33 Å². The van der Waals surface area contributed by atoms with Gasteiger partial charge in [0.15, 0.2) is 0 Å². The fourth-order valence-corrected chi connectivity index (χ4v) is 2.76. The van der Waals surface area contributed by atoms with Crippen LogP contribution in [0, 0.1) is 12.8 Å². The molecule has 0 spiro atoms. The number of aromatic nitrogens is 3. The minimum absolute atomic E-state index is 0.223. The van der Waals surface area contributed by atoms with Crippen LogP contribution in [0.2, 0.25) is 0 Å². The molecule has 2 aromatic heterocycles. The fraction of sp³-hybridized carbons (Fsp3) is 0.462. The van der Waals surface area contributed by atoms with Crippen LogP contribution in [0.1, 0.15) is 31.0 Å². The summed E-state index contributed by atoms with van der Waals surface area (Å²) in [6, 6.07) is 2.48. The van der Waals surface area contributed by atoms with E-state index in [1.807, 2.05) is 6.92 Å². The maximum atomic E-state index is 10.8. The molecule has 0 saturated heterocycles. The highest BCUT2D eigenvalue weighted by Crippen LogP contribution is 2.35. The van der Waals surface area contributed by atoms with E-state index in [0.717, 1.165) is 42.3 Å². The molecule has 0 aliphatic heterocycles. The zero-order valence-electron chi connectivity index (χ0n) is 9.84. The van der Waals surface area contributed by atoms with Crippen LogP contribution in [0.25, 0.3) is 11.0 Å². The van der Waals surface area contributed by atoms with E-state index >= 15 is 0 Å². The molecular formula is C13H15N3O. The van der Waals surface area contributed by atoms with Gasteiger partial charge in [-0.05, 0) is 32.3 Å². The molecule has 2 heterocycles. The van der Waals surface area contributed by atoms with Crippen LogP contribution in [-0.4, -0.2) is 20.8 Å². The minimum atomic E-state index is 0.223. The largest absolute Gasteiger partial charge is 0.329 e. The van der Waals surface area contributed by atoms with E-state index in [0.29, 0.717) is 6.04 Å². The summed E-state index contributed by atoms with van der Waals surface area (Å²) in [5.41, 5.74) is 2.01. The lowest BCUT2D eigenvalue weighted by atomic mass is 10.1. The fourth-order valence-electron chi connectivity index (χ4n) is 2.76. The van der Waals surface area contributed by atoms with Gasteiger partial charge in [0.05, 0.1) is 5.69 Å². The lowest BCUT2D eigenvalue weighted by molar-refractivity contribution is -0.110. The summed E-state index contributed by atoms with van der Waals surface area (Å²) in [6.45, 7) is 2.00. The molecular weight excluding hydrogens is 214 g/mol. The van der Waals surface area contributed by atoms with Crippen LogP contribution < -0.4 is 0 Å². The Balaban J connectivity index is 2.01. The van der Waals surface area contributed by atoms with E-state index in [-0.39, 0.29) is 5.92 Å². The summed E-state index contributed by atoms with van der Waals surface area (Å²) in [4.78, 5) is 19.4. The molecule has 0 aromatic carbocycles. The van der Waals surface area contributed by atoms with Crippen LogP contribution in [0.3, 0.4) is 0 Å². The standard InChI is InChI=1S/C13H15N3O/c1-9-12-4-5-16(13(12)15-8-14-9)11-3-2-10(6-11)7-17/h4-5,7-8,10-11H,2-3,6H2,1H3. The summed E-state index contributed by atoms with van der Waals surface area (Å²) in [7, 11) is 0. The summed E-state index contributed by atoms with van der Waals surface area (Å²) in [6.07, 6.45) is 7.78. The van der Waals surface area contributed by atoms with Gasteiger partial charge in [-0.25, -0.2) is 9.97 Å². The molecule has 88 valence electrons. The van der Waals surface area contributed by atoms with Crippen molar-refractivity contribution in [2.24, 2.45) is 5.92 Å². The van der Waals surface area contributed by atoms with Gasteiger partial charge in [0.25, 0.3) is 0 Å². The lowest BCUT2D eigenvalue weighted by Crippen LogP contribution is -2.05. The Morgan fingerprint density at radius 1 is 1.41 bits per heavy atom. The van der Waals surface area contributed by atoms with Crippen molar-refractivity contribution < 1.29 is 4.79 Å². The molecule has 2 aromatic rings. The molecule has 0 N–H and O–H groups in total. The number of carbonyl (C=O) groups is 1. The summed E-state index contributed by atoms with van der Waals surface area (Å²) in [5.74, 6) is 0.223. The van der Waals surface area contributed by atoms with Crippen LogP contribution in [0.15, 0.2) is 18.6 Å². The topological polar surface area (TPSA) is 47.8 Å². The van der Waals surface area contributed by atoms with E-state index in [1.165, 1.54) is 0 Å². The summed E-state index contributed by atoms with van der Waals surface area (Å²) in [5, 5.41) is 1.11. The second-order valence-electron chi connectivity index (χ2n) is 4.78. The molecule has 0 radical (unpaired) electrons. The average molecular weight is 229 g/mol. The van der Waals surface area contributed by atoms with Gasteiger partial charge < -0.3 is 9.36 Å². The quantitative estimate of drug-likeness (QED) is 0.742. The van der Waals surface area contributed by atoms with Crippen molar-refractivity contribution in [3.8, 4) is 0 Å². The van der Waals surface area contributed by atoms with Gasteiger partial charge in [-0.2, -0.15) is 0 Å². The van der Waals surface area contributed by atoms with Gasteiger partial charge in [-0.3, -0.25) is 0 Å². The number of rotatable bonds is 2. The number of nitrogens with zero attached hydrogens (tertiary/aromatic N) is 3. The molecule has 4 heteroatoms. The molecule has 1 aliphatic rings. The second-order valence-corrected chi connectivity index (χ2v) is 4.78. The molecule has 1 aliphatic carbocycles. The molecule has 3 rings (SSSR count). The molecule has 0 bridgehead atoms. The highest BCUT2D eigenvalue weighted by Gasteiger charge is 2.26. The minimum Gasteiger partial charge on any atom is -0.329 e. The van der Waals surface area contributed by atoms with E-state index in [4.69, 9.17) is 0 Å². The van der Waals surface area contributed by atoms with Crippen LogP contribution in [0.5, 0.6) is 0 Å². The molecule has 1 saturated carbocycles. The van der Waals surface area contributed by atoms with Gasteiger partial charge in [-0.1, -0.05) is 0 Å². The van der Waals surface area contributed by atoms with Crippen molar-refractivity contribution in [1.82, 2.24) is 14.5 Å². The first-order valence-corrected chi connectivity index (χ1v) is 6.03. The number of aldehydes is 1. The first kappa shape index (κ1) is 10.4. The first-order chi connectivity index (χ1) is 8.29. The van der Waals surface area contributed by atoms with Gasteiger partial charge in [0, 0.05) is 23.5 Å². The Kier molecular flexibility index (Phi) is 2.42. The van der Waals surface area contributed by atoms with E-state index < -0.39 is 0 Å². The summed E-state index contributed by atoms with van der Waals surface area (Å²) < 4.78 is 2.20. The second kappa shape index (κ2) is 3.95. The Morgan fingerprint density at radius 2 is 2.29 bits per heavy atom. The predicted octanol–water partition coefficient (Wildman–Crippen LogP) is 2.28. The molecule has 17 heavy (non-hydrogen) atoms. The van der Waals surface area contributed by atoms with Gasteiger partial charge in [0.2, 0.25) is 0 Å². The lowest BCUT2D eigenvalue weighted by Gasteiger charge is -2.12. The third-order valence-electron chi connectivity index (χ3n) is 3.74. The highest BCUT2D eigenvalue weighted by molar-refractivity contribution is 5.78. The van der Waals surface area contributed by atoms with Crippen LogP contribution in [-0.2, 0) is 4.79 Å². The summed E-state index contributed by atoms with van der Waals surface area (Å²) >= 11 is 0. The molecule has 1 fully saturated rings. The van der Waals surface area contributed by atoms with Crippen molar-refractivity contribution in [2.75, 3.05) is 0 Å². The maximum absolute atomic E-state index is 10.8. The average Bonchev–Trinajstić information content (AvgIpc) is 2.94. The van der Waals surface area contributed by atoms with Crippen molar-refractivity contribution in [3.63, 3.8) is 0 Å². The van der Waals surface area contributed by atoms with Crippen molar-refractivity contribution in [2.45, 2.75) is 32.2 Å². The number of hydrogen-bond donors (Lipinski definition) is 0. The molecule has 2 atom stereocenters. The normalized spacial score (nSPS) is 24.3. The Hall–Kier alpha value is -1.71. The third-order valence-corrected chi connectivity index (χ3v) is 3.74. The Labute approximate surface area is 99.7 Å². The molecule has 2 unspecified atom stereocenters. The van der Waals surface area contributed by atoms with Gasteiger partial charge in [0.1, 0.15) is 18.3 Å². The zero-order valence-corrected chi connectivity index (χ0v) is 9.84. The van der Waals surface area contributed by atoms with Crippen molar-refractivity contribution in [3.05, 3.63) is 24.3 Å². The number of fused-ring (bicyclic) bond motifs is 1. The van der Waals surface area contributed by atoms with E-state index in [9.17, 15) is 4.79 Å². The van der Waals surface area contributed by atoms with Crippen molar-refractivity contribution >= 4 is 17.3 Å². The van der Waals surface area contributed by atoms with Gasteiger partial charge in [-0.15, -0.1) is 0 Å². The number of aryl methyl sites for hydroxylation is 1. The Morgan fingerprint density at radius 3 is 3.06 bits per heavy atom. The molecule has 4 nitrogen and oxygen atoms in total. The number of hydrogen-bond acceptors (Lipinski definition) is 3. The number of carbonyl (C=O) groups excluding carboxylic acids is 1. The Bertz CT molecular complexity index is 561. The van der Waals surface area contributed by atoms with Crippen LogP contribution >= 0.6 is 0 Å². The van der Waals surface area contributed by atoms with E-state index in [2.05, 4.69) is 26.8 Å². The van der Waals surface area contributed by atoms with Crippen LogP contribution in [0.4, 0.5) is 0 Å².